The van der Waals surface area contributed by atoms with Gasteiger partial charge in [-0.3, -0.25) is 0 Å². The van der Waals surface area contributed by atoms with Crippen LogP contribution in [0.1, 0.15) is 39.5 Å². The summed E-state index contributed by atoms with van der Waals surface area (Å²) in [6, 6.07) is 0. The van der Waals surface area contributed by atoms with Crippen LogP contribution in [0.3, 0.4) is 0 Å². The van der Waals surface area contributed by atoms with E-state index in [0.29, 0.717) is 11.5 Å². The van der Waals surface area contributed by atoms with Gasteiger partial charge in [-0.05, 0) is 12.8 Å². The van der Waals surface area contributed by atoms with Gasteiger partial charge in [-0.1, -0.05) is 26.7 Å². The lowest BCUT2D eigenvalue weighted by Gasteiger charge is -2.09. The second-order valence-electron chi connectivity index (χ2n) is 4.08. The van der Waals surface area contributed by atoms with Crippen molar-refractivity contribution in [2.45, 2.75) is 39.5 Å². The summed E-state index contributed by atoms with van der Waals surface area (Å²) in [4.78, 5) is 0. The minimum Gasteiger partial charge on any atom is -0.377 e. The van der Waals surface area contributed by atoms with Gasteiger partial charge in [0.2, 0.25) is 0 Å². The summed E-state index contributed by atoms with van der Waals surface area (Å²) in [5.74, 6) is 0.757. The molecular weight excluding hydrogens is 240 g/mol. The molecule has 0 aliphatic carbocycles. The Morgan fingerprint density at radius 2 is 1.18 bits per heavy atom. The second kappa shape index (κ2) is 11.0. The quantitative estimate of drug-likeness (QED) is 0.738. The molecule has 4 nitrogen and oxygen atoms in total. The summed E-state index contributed by atoms with van der Waals surface area (Å²) in [6.07, 6.45) is 3.55. The fraction of sp³-hybridized carbons (Fsp3) is 1.00. The number of rotatable bonds is 6. The Bertz CT molecular complexity index is 220. The van der Waals surface area contributed by atoms with Crippen LogP contribution in [0.25, 0.3) is 0 Å². The summed E-state index contributed by atoms with van der Waals surface area (Å²) in [7, 11) is -2.71. The van der Waals surface area contributed by atoms with Crippen molar-refractivity contribution in [3.05, 3.63) is 0 Å². The molecule has 0 amide bonds. The Labute approximate surface area is 106 Å². The van der Waals surface area contributed by atoms with Gasteiger partial charge in [0.05, 0.1) is 37.9 Å². The third-order valence-corrected chi connectivity index (χ3v) is 4.18. The molecule has 104 valence electrons. The minimum absolute atomic E-state index is 0.378. The van der Waals surface area contributed by atoms with Gasteiger partial charge in [0.1, 0.15) is 9.84 Å². The first-order valence-electron chi connectivity index (χ1n) is 6.48. The first-order valence-corrected chi connectivity index (χ1v) is 8.30. The van der Waals surface area contributed by atoms with Gasteiger partial charge >= 0.3 is 0 Å². The van der Waals surface area contributed by atoms with Gasteiger partial charge in [-0.25, -0.2) is 8.42 Å². The lowest BCUT2D eigenvalue weighted by molar-refractivity contribution is -0.0334. The van der Waals surface area contributed by atoms with Crippen LogP contribution in [0.4, 0.5) is 0 Å². The van der Waals surface area contributed by atoms with Crippen LogP contribution in [0.5, 0.6) is 0 Å². The summed E-state index contributed by atoms with van der Waals surface area (Å²) in [5, 5.41) is 0. The summed E-state index contributed by atoms with van der Waals surface area (Å²) in [5.41, 5.74) is 0. The lowest BCUT2D eigenvalue weighted by atomic mass is 10.4. The summed E-state index contributed by atoms with van der Waals surface area (Å²) in [6.45, 7) is 7.13. The summed E-state index contributed by atoms with van der Waals surface area (Å²) >= 11 is 0. The highest BCUT2D eigenvalue weighted by Crippen LogP contribution is 2.00. The monoisotopic (exact) mass is 266 g/mol. The highest BCUT2D eigenvalue weighted by atomic mass is 32.2. The van der Waals surface area contributed by atoms with Gasteiger partial charge in [0, 0.05) is 0 Å². The smallest absolute Gasteiger partial charge is 0.150 e. The maximum Gasteiger partial charge on any atom is 0.150 e. The van der Waals surface area contributed by atoms with E-state index < -0.39 is 9.84 Å². The molecule has 1 saturated heterocycles. The molecule has 1 heterocycles. The largest absolute Gasteiger partial charge is 0.377 e. The molecule has 0 aromatic heterocycles. The molecule has 0 atom stereocenters. The van der Waals surface area contributed by atoms with Gasteiger partial charge in [0.25, 0.3) is 0 Å². The zero-order chi connectivity index (χ0) is 13.0. The standard InChI is InChI=1S/C8H18O2S.C4H8O2/c1-3-5-7-11(9,10)8-6-4-2;1-2-6-4-3-5-1/h3-8H2,1-2H3;1-4H2. The molecule has 0 saturated carbocycles. The molecule has 0 spiro atoms. The van der Waals surface area contributed by atoms with Crippen LogP contribution >= 0.6 is 0 Å². The SMILES string of the molecule is C1COCCO1.CCCCS(=O)(=O)CCCC. The van der Waals surface area contributed by atoms with Crippen molar-refractivity contribution in [3.8, 4) is 0 Å². The van der Waals surface area contributed by atoms with E-state index in [2.05, 4.69) is 0 Å². The first-order chi connectivity index (χ1) is 8.12. The van der Waals surface area contributed by atoms with E-state index in [9.17, 15) is 8.42 Å². The predicted molar refractivity (Wildman–Crippen MR) is 70.1 cm³/mol. The van der Waals surface area contributed by atoms with Gasteiger partial charge in [0.15, 0.2) is 0 Å². The van der Waals surface area contributed by atoms with Crippen molar-refractivity contribution < 1.29 is 17.9 Å². The Kier molecular flexibility index (Phi) is 10.9. The molecule has 1 rings (SSSR count). The molecule has 1 fully saturated rings. The van der Waals surface area contributed by atoms with Crippen LogP contribution in [0.2, 0.25) is 0 Å². The molecule has 0 N–H and O–H groups in total. The highest BCUT2D eigenvalue weighted by Gasteiger charge is 2.07. The molecular formula is C12H26O4S. The number of hydrogen-bond acceptors (Lipinski definition) is 4. The molecule has 5 heteroatoms. The van der Waals surface area contributed by atoms with Crippen molar-refractivity contribution in [2.24, 2.45) is 0 Å². The Hall–Kier alpha value is -0.130. The normalized spacial score (nSPS) is 16.1. The van der Waals surface area contributed by atoms with Crippen molar-refractivity contribution in [1.29, 1.82) is 0 Å². The average Bonchev–Trinajstić information content (AvgIpc) is 2.37. The summed E-state index contributed by atoms with van der Waals surface area (Å²) < 4.78 is 32.2. The van der Waals surface area contributed by atoms with Crippen molar-refractivity contribution in [3.63, 3.8) is 0 Å². The van der Waals surface area contributed by atoms with Crippen LogP contribution < -0.4 is 0 Å². The fourth-order valence-corrected chi connectivity index (χ4v) is 2.93. The third-order valence-electron chi connectivity index (χ3n) is 2.36. The van der Waals surface area contributed by atoms with E-state index in [-0.39, 0.29) is 0 Å². The van der Waals surface area contributed by atoms with E-state index in [1.807, 2.05) is 13.8 Å². The van der Waals surface area contributed by atoms with E-state index in [1.165, 1.54) is 0 Å². The number of ether oxygens (including phenoxy) is 2. The Morgan fingerprint density at radius 3 is 1.41 bits per heavy atom. The minimum atomic E-state index is -2.71. The van der Waals surface area contributed by atoms with Crippen molar-refractivity contribution in [2.75, 3.05) is 37.9 Å². The number of hydrogen-bond donors (Lipinski definition) is 0. The number of sulfone groups is 1. The fourth-order valence-electron chi connectivity index (χ4n) is 1.27. The van der Waals surface area contributed by atoms with Crippen molar-refractivity contribution in [1.82, 2.24) is 0 Å². The van der Waals surface area contributed by atoms with Crippen LogP contribution in [-0.2, 0) is 19.3 Å². The Morgan fingerprint density at radius 1 is 0.824 bits per heavy atom. The second-order valence-corrected chi connectivity index (χ2v) is 6.39. The van der Waals surface area contributed by atoms with Crippen LogP contribution in [-0.4, -0.2) is 46.4 Å². The molecule has 0 aromatic rings. The molecule has 0 radical (unpaired) electrons. The van der Waals surface area contributed by atoms with E-state index in [0.717, 1.165) is 52.1 Å². The third kappa shape index (κ3) is 12.1. The average molecular weight is 266 g/mol. The van der Waals surface area contributed by atoms with Gasteiger partial charge in [-0.15, -0.1) is 0 Å². The van der Waals surface area contributed by atoms with Crippen LogP contribution in [0.15, 0.2) is 0 Å². The maximum absolute atomic E-state index is 11.1. The molecule has 17 heavy (non-hydrogen) atoms. The molecule has 0 unspecified atom stereocenters. The zero-order valence-corrected chi connectivity index (χ0v) is 11.9. The molecule has 1 aliphatic rings. The van der Waals surface area contributed by atoms with Crippen LogP contribution in [0, 0.1) is 0 Å². The van der Waals surface area contributed by atoms with Crippen molar-refractivity contribution >= 4 is 9.84 Å². The van der Waals surface area contributed by atoms with Gasteiger partial charge < -0.3 is 9.47 Å². The maximum atomic E-state index is 11.1. The van der Waals surface area contributed by atoms with E-state index >= 15 is 0 Å². The lowest BCUT2D eigenvalue weighted by Crippen LogP contribution is -2.16. The molecule has 1 aliphatic heterocycles. The Balaban J connectivity index is 0.000000354. The predicted octanol–water partition coefficient (Wildman–Crippen LogP) is 2.03. The van der Waals surface area contributed by atoms with E-state index in [4.69, 9.17) is 9.47 Å². The topological polar surface area (TPSA) is 52.6 Å². The molecule has 0 bridgehead atoms. The molecule has 0 aromatic carbocycles. The highest BCUT2D eigenvalue weighted by molar-refractivity contribution is 7.91. The van der Waals surface area contributed by atoms with E-state index in [1.54, 1.807) is 0 Å². The zero-order valence-electron chi connectivity index (χ0n) is 11.1. The van der Waals surface area contributed by atoms with Gasteiger partial charge in [-0.2, -0.15) is 0 Å². The first kappa shape index (κ1) is 16.9. The number of unbranched alkanes of at least 4 members (excludes halogenated alkanes) is 2.